The molecule has 0 spiro atoms. The Hall–Kier alpha value is -4.33. The van der Waals surface area contributed by atoms with E-state index in [0.717, 1.165) is 37.9 Å². The Labute approximate surface area is 225 Å². The first-order chi connectivity index (χ1) is 19.1. The number of rotatable bonds is 7. The van der Waals surface area contributed by atoms with Crippen molar-refractivity contribution in [1.29, 1.82) is 0 Å². The molecule has 198 valence electrons. The molecule has 6 rings (SSSR count). The summed E-state index contributed by atoms with van der Waals surface area (Å²) >= 11 is 0. The Balaban J connectivity index is 1.19. The summed E-state index contributed by atoms with van der Waals surface area (Å²) < 4.78 is 16.9. The Morgan fingerprint density at radius 1 is 0.872 bits per heavy atom. The fourth-order valence-corrected chi connectivity index (χ4v) is 5.60. The first kappa shape index (κ1) is 25.0. The fourth-order valence-electron chi connectivity index (χ4n) is 5.60. The van der Waals surface area contributed by atoms with Crippen LogP contribution < -0.4 is 5.56 Å². The topological polar surface area (TPSA) is 72.5 Å². The molecule has 1 aliphatic rings. The molecular formula is C31H30FN5O2. The number of nitrogens with zero attached hydrogens (tertiary/aromatic N) is 5. The van der Waals surface area contributed by atoms with Crippen molar-refractivity contribution < 1.29 is 9.18 Å². The Kier molecular flexibility index (Phi) is 6.92. The number of halogens is 1. The summed E-state index contributed by atoms with van der Waals surface area (Å²) in [7, 11) is 0. The summed E-state index contributed by atoms with van der Waals surface area (Å²) in [6.07, 6.45) is 3.82. The van der Waals surface area contributed by atoms with Crippen molar-refractivity contribution in [3.05, 3.63) is 112 Å². The minimum absolute atomic E-state index is 0.119. The summed E-state index contributed by atoms with van der Waals surface area (Å²) in [4.78, 5) is 28.5. The van der Waals surface area contributed by atoms with E-state index in [1.165, 1.54) is 17.7 Å². The standard InChI is InChI=1S/C31H30FN5O2/c32-25-12-10-24(11-13-25)21-36-30(39)26-8-4-5-9-27(26)37-28(33-34-31(36)37)14-15-29(38)35-18-16-23(17-19-35)20-22-6-2-1-3-7-22/h1-13,23H,14-21H2. The van der Waals surface area contributed by atoms with Crippen LogP contribution in [0.25, 0.3) is 16.7 Å². The van der Waals surface area contributed by atoms with Crippen LogP contribution in [0.5, 0.6) is 0 Å². The van der Waals surface area contributed by atoms with Crippen LogP contribution in [0.1, 0.15) is 36.2 Å². The Bertz CT molecular complexity index is 1670. The lowest BCUT2D eigenvalue weighted by Gasteiger charge is -2.32. The Morgan fingerprint density at radius 3 is 2.36 bits per heavy atom. The van der Waals surface area contributed by atoms with Gasteiger partial charge in [0.25, 0.3) is 5.56 Å². The van der Waals surface area contributed by atoms with Gasteiger partial charge in [-0.25, -0.2) is 4.39 Å². The third kappa shape index (κ3) is 5.19. The van der Waals surface area contributed by atoms with Crippen LogP contribution in [0.15, 0.2) is 83.7 Å². The molecule has 3 aromatic carbocycles. The lowest BCUT2D eigenvalue weighted by molar-refractivity contribution is -0.132. The number of aryl methyl sites for hydroxylation is 1. The van der Waals surface area contributed by atoms with Crippen LogP contribution in [0, 0.1) is 11.7 Å². The van der Waals surface area contributed by atoms with Crippen LogP contribution in [0.2, 0.25) is 0 Å². The molecule has 1 amide bonds. The van der Waals surface area contributed by atoms with E-state index in [1.807, 2.05) is 33.6 Å². The predicted octanol–water partition coefficient (Wildman–Crippen LogP) is 4.65. The molecule has 8 heteroatoms. The van der Waals surface area contributed by atoms with Crippen LogP contribution in [0.4, 0.5) is 4.39 Å². The first-order valence-corrected chi connectivity index (χ1v) is 13.5. The number of piperidine rings is 1. The number of amides is 1. The van der Waals surface area contributed by atoms with E-state index in [-0.39, 0.29) is 23.8 Å². The molecule has 3 heterocycles. The summed E-state index contributed by atoms with van der Waals surface area (Å²) in [6.45, 7) is 1.79. The second-order valence-corrected chi connectivity index (χ2v) is 10.3. The van der Waals surface area contributed by atoms with Crippen molar-refractivity contribution in [2.24, 2.45) is 5.92 Å². The van der Waals surface area contributed by atoms with Crippen molar-refractivity contribution in [2.75, 3.05) is 13.1 Å². The molecule has 0 unspecified atom stereocenters. The van der Waals surface area contributed by atoms with Gasteiger partial charge in [-0.1, -0.05) is 54.6 Å². The van der Waals surface area contributed by atoms with Crippen LogP contribution in [-0.4, -0.2) is 43.1 Å². The normalized spacial score (nSPS) is 14.3. The van der Waals surface area contributed by atoms with Crippen molar-refractivity contribution in [2.45, 2.75) is 38.6 Å². The second kappa shape index (κ2) is 10.8. The van der Waals surface area contributed by atoms with E-state index < -0.39 is 0 Å². The number of hydrogen-bond donors (Lipinski definition) is 0. The zero-order chi connectivity index (χ0) is 26.8. The molecule has 0 atom stereocenters. The molecule has 2 aromatic heterocycles. The van der Waals surface area contributed by atoms with Crippen molar-refractivity contribution in [3.8, 4) is 0 Å². The molecular weight excluding hydrogens is 493 g/mol. The van der Waals surface area contributed by atoms with Gasteiger partial charge in [-0.2, -0.15) is 0 Å². The number of hydrogen-bond acceptors (Lipinski definition) is 4. The van der Waals surface area contributed by atoms with Gasteiger partial charge in [0.15, 0.2) is 0 Å². The molecule has 0 radical (unpaired) electrons. The maximum atomic E-state index is 13.4. The minimum atomic E-state index is -0.329. The maximum absolute atomic E-state index is 13.4. The molecule has 0 N–H and O–H groups in total. The van der Waals surface area contributed by atoms with Crippen LogP contribution in [0.3, 0.4) is 0 Å². The number of aromatic nitrogens is 4. The average Bonchev–Trinajstić information content (AvgIpc) is 3.40. The smallest absolute Gasteiger partial charge is 0.263 e. The molecule has 0 aliphatic carbocycles. The van der Waals surface area contributed by atoms with Gasteiger partial charge in [0.05, 0.1) is 17.4 Å². The lowest BCUT2D eigenvalue weighted by atomic mass is 9.90. The fraction of sp³-hybridized carbons (Fsp3) is 0.290. The number of carbonyl (C=O) groups excluding carboxylic acids is 1. The number of carbonyl (C=O) groups is 1. The van der Waals surface area contributed by atoms with Crippen LogP contribution in [-0.2, 0) is 24.2 Å². The Morgan fingerprint density at radius 2 is 1.59 bits per heavy atom. The number of para-hydroxylation sites is 1. The number of fused-ring (bicyclic) bond motifs is 3. The monoisotopic (exact) mass is 523 g/mol. The summed E-state index contributed by atoms with van der Waals surface area (Å²) in [6, 6.07) is 24.0. The third-order valence-corrected chi connectivity index (χ3v) is 7.73. The summed E-state index contributed by atoms with van der Waals surface area (Å²) in [5.74, 6) is 1.44. The highest BCUT2D eigenvalue weighted by atomic mass is 19.1. The second-order valence-electron chi connectivity index (χ2n) is 10.3. The van der Waals surface area contributed by atoms with Gasteiger partial charge in [-0.05, 0) is 60.6 Å². The molecule has 1 aliphatic heterocycles. The van der Waals surface area contributed by atoms with Crippen molar-refractivity contribution in [1.82, 2.24) is 24.1 Å². The van der Waals surface area contributed by atoms with E-state index in [0.29, 0.717) is 41.3 Å². The lowest BCUT2D eigenvalue weighted by Crippen LogP contribution is -2.39. The minimum Gasteiger partial charge on any atom is -0.343 e. The average molecular weight is 524 g/mol. The molecule has 0 bridgehead atoms. The van der Waals surface area contributed by atoms with Gasteiger partial charge in [-0.15, -0.1) is 10.2 Å². The maximum Gasteiger partial charge on any atom is 0.263 e. The largest absolute Gasteiger partial charge is 0.343 e. The summed E-state index contributed by atoms with van der Waals surface area (Å²) in [5.41, 5.74) is 2.66. The molecule has 1 fully saturated rings. The van der Waals surface area contributed by atoms with E-state index in [2.05, 4.69) is 34.5 Å². The molecule has 5 aromatic rings. The highest BCUT2D eigenvalue weighted by molar-refractivity contribution is 5.80. The van der Waals surface area contributed by atoms with Gasteiger partial charge in [0.2, 0.25) is 11.7 Å². The van der Waals surface area contributed by atoms with Crippen molar-refractivity contribution in [3.63, 3.8) is 0 Å². The first-order valence-electron chi connectivity index (χ1n) is 13.5. The van der Waals surface area contributed by atoms with Crippen molar-refractivity contribution >= 4 is 22.6 Å². The summed E-state index contributed by atoms with van der Waals surface area (Å²) in [5, 5.41) is 9.30. The zero-order valence-corrected chi connectivity index (χ0v) is 21.7. The van der Waals surface area contributed by atoms with Gasteiger partial charge >= 0.3 is 0 Å². The highest BCUT2D eigenvalue weighted by Gasteiger charge is 2.24. The van der Waals surface area contributed by atoms with Gasteiger partial charge < -0.3 is 4.90 Å². The quantitative estimate of drug-likeness (QED) is 0.312. The molecule has 39 heavy (non-hydrogen) atoms. The molecule has 0 saturated carbocycles. The van der Waals surface area contributed by atoms with E-state index in [9.17, 15) is 14.0 Å². The third-order valence-electron chi connectivity index (χ3n) is 7.73. The van der Waals surface area contributed by atoms with E-state index in [1.54, 1.807) is 22.8 Å². The molecule has 7 nitrogen and oxygen atoms in total. The number of likely N-dealkylation sites (tertiary alicyclic amines) is 1. The predicted molar refractivity (Wildman–Crippen MR) is 148 cm³/mol. The SMILES string of the molecule is O=C(CCc1nnc2n(Cc3ccc(F)cc3)c(=O)c3ccccc3n12)N1CCC(Cc2ccccc2)CC1. The van der Waals surface area contributed by atoms with E-state index in [4.69, 9.17) is 0 Å². The number of benzene rings is 3. The highest BCUT2D eigenvalue weighted by Crippen LogP contribution is 2.23. The molecule has 1 saturated heterocycles. The van der Waals surface area contributed by atoms with Gasteiger partial charge in [-0.3, -0.25) is 18.6 Å². The van der Waals surface area contributed by atoms with Crippen LogP contribution >= 0.6 is 0 Å². The van der Waals surface area contributed by atoms with E-state index >= 15 is 0 Å². The van der Waals surface area contributed by atoms with Gasteiger partial charge in [0.1, 0.15) is 11.6 Å². The zero-order valence-electron chi connectivity index (χ0n) is 21.7. The van der Waals surface area contributed by atoms with Gasteiger partial charge in [0, 0.05) is 25.9 Å².